The number of thioether (sulfide) groups is 1. The maximum Gasteiger partial charge on any atom is 0.333 e. The smallest absolute Gasteiger partial charge is 0.333 e. The van der Waals surface area contributed by atoms with Crippen molar-refractivity contribution in [2.75, 3.05) is 33.4 Å². The summed E-state index contributed by atoms with van der Waals surface area (Å²) in [6.45, 7) is 3.64. The van der Waals surface area contributed by atoms with Gasteiger partial charge in [0.05, 0.1) is 23.1 Å². The quantitative estimate of drug-likeness (QED) is 0.208. The predicted octanol–water partition coefficient (Wildman–Crippen LogP) is 5.35. The molecule has 0 radical (unpaired) electrons. The lowest BCUT2D eigenvalue weighted by atomic mass is 10.1. The van der Waals surface area contributed by atoms with Crippen LogP contribution in [0.5, 0.6) is 11.5 Å². The molecular formula is C28H29BrN2O6S2. The Kier molecular flexibility index (Phi) is 10.0. The lowest BCUT2D eigenvalue weighted by molar-refractivity contribution is -0.148. The molecule has 206 valence electrons. The summed E-state index contributed by atoms with van der Waals surface area (Å²) in [7, 11) is 1.28. The van der Waals surface area contributed by atoms with Crippen LogP contribution in [-0.4, -0.2) is 65.3 Å². The maximum absolute atomic E-state index is 13.5. The highest BCUT2D eigenvalue weighted by atomic mass is 79.9. The van der Waals surface area contributed by atoms with Crippen molar-refractivity contribution in [2.45, 2.75) is 32.2 Å². The first kappa shape index (κ1) is 29.1. The van der Waals surface area contributed by atoms with Crippen molar-refractivity contribution in [2.24, 2.45) is 0 Å². The highest BCUT2D eigenvalue weighted by molar-refractivity contribution is 9.10. The van der Waals surface area contributed by atoms with E-state index in [2.05, 4.69) is 15.9 Å². The van der Waals surface area contributed by atoms with Gasteiger partial charge < -0.3 is 19.1 Å². The van der Waals surface area contributed by atoms with Gasteiger partial charge in [0.1, 0.15) is 4.32 Å². The molecule has 0 spiro atoms. The molecule has 2 fully saturated rings. The number of benzene rings is 2. The SMILES string of the molecule is CCOc1cc(/C=C2/SC(=S)N(C(C(=O)OC)c3ccccc3)C2=O)cc(Br)c1OCC(=O)N1CCCCC1. The molecule has 4 rings (SSSR count). The molecular weight excluding hydrogens is 604 g/mol. The van der Waals surface area contributed by atoms with Crippen molar-refractivity contribution in [3.05, 3.63) is 63.0 Å². The van der Waals surface area contributed by atoms with Crippen LogP contribution < -0.4 is 9.47 Å². The summed E-state index contributed by atoms with van der Waals surface area (Å²) >= 11 is 10.2. The molecule has 0 bridgehead atoms. The number of methoxy groups -OCH3 is 1. The number of rotatable bonds is 9. The third-order valence-electron chi connectivity index (χ3n) is 6.30. The minimum atomic E-state index is -0.992. The highest BCUT2D eigenvalue weighted by Gasteiger charge is 2.42. The van der Waals surface area contributed by atoms with E-state index in [1.807, 2.05) is 17.9 Å². The van der Waals surface area contributed by atoms with Crippen LogP contribution >= 0.6 is 39.9 Å². The monoisotopic (exact) mass is 632 g/mol. The molecule has 2 amide bonds. The molecule has 11 heteroatoms. The Morgan fingerprint density at radius 2 is 1.85 bits per heavy atom. The Labute approximate surface area is 245 Å². The van der Waals surface area contributed by atoms with Gasteiger partial charge in [0.15, 0.2) is 24.1 Å². The Bertz CT molecular complexity index is 1280. The highest BCUT2D eigenvalue weighted by Crippen LogP contribution is 2.41. The second-order valence-corrected chi connectivity index (χ2v) is 11.4. The van der Waals surface area contributed by atoms with Crippen molar-refractivity contribution in [1.82, 2.24) is 9.80 Å². The predicted molar refractivity (Wildman–Crippen MR) is 157 cm³/mol. The molecule has 2 aliphatic heterocycles. The normalized spacial score (nSPS) is 17.4. The summed E-state index contributed by atoms with van der Waals surface area (Å²) in [5.41, 5.74) is 1.26. The Hall–Kier alpha value is -2.89. The first-order valence-electron chi connectivity index (χ1n) is 12.6. The minimum absolute atomic E-state index is 0.0598. The number of ether oxygens (including phenoxy) is 3. The lowest BCUT2D eigenvalue weighted by Gasteiger charge is -2.26. The van der Waals surface area contributed by atoms with Crippen molar-refractivity contribution < 1.29 is 28.6 Å². The summed E-state index contributed by atoms with van der Waals surface area (Å²) in [4.78, 5) is 42.3. The second-order valence-electron chi connectivity index (χ2n) is 8.88. The molecule has 0 aliphatic carbocycles. The summed E-state index contributed by atoms with van der Waals surface area (Å²) in [6.07, 6.45) is 4.84. The zero-order chi connectivity index (χ0) is 27.9. The van der Waals surface area contributed by atoms with Crippen molar-refractivity contribution in [3.8, 4) is 11.5 Å². The summed E-state index contributed by atoms with van der Waals surface area (Å²) in [6, 6.07) is 11.4. The van der Waals surface area contributed by atoms with E-state index in [1.54, 1.807) is 42.5 Å². The Morgan fingerprint density at radius 1 is 1.13 bits per heavy atom. The minimum Gasteiger partial charge on any atom is -0.490 e. The van der Waals surface area contributed by atoms with Crippen LogP contribution in [0.3, 0.4) is 0 Å². The number of piperidine rings is 1. The molecule has 0 N–H and O–H groups in total. The van der Waals surface area contributed by atoms with Crippen molar-refractivity contribution in [3.63, 3.8) is 0 Å². The van der Waals surface area contributed by atoms with E-state index in [0.717, 1.165) is 44.1 Å². The van der Waals surface area contributed by atoms with Crippen LogP contribution in [-0.2, 0) is 19.1 Å². The number of carbonyl (C=O) groups is 3. The standard InChI is InChI=1S/C28H29BrN2O6S2/c1-3-36-21-15-18(14-20(29)25(21)37-17-23(32)30-12-8-5-9-13-30)16-22-26(33)31(28(38)39-22)24(27(34)35-2)19-10-6-4-7-11-19/h4,6-7,10-11,14-16,24H,3,5,8-9,12-13,17H2,1-2H3/b22-16+. The molecule has 1 unspecified atom stereocenters. The third kappa shape index (κ3) is 6.82. The number of thiocarbonyl (C=S) groups is 1. The number of hydrogen-bond donors (Lipinski definition) is 0. The fourth-order valence-electron chi connectivity index (χ4n) is 4.43. The number of halogens is 1. The van der Waals surface area contributed by atoms with Gasteiger partial charge >= 0.3 is 5.97 Å². The van der Waals surface area contributed by atoms with Crippen molar-refractivity contribution >= 4 is 68.1 Å². The van der Waals surface area contributed by atoms with Gasteiger partial charge in [0, 0.05) is 13.1 Å². The molecule has 2 aromatic rings. The van der Waals surface area contributed by atoms with Gasteiger partial charge in [-0.2, -0.15) is 0 Å². The van der Waals surface area contributed by atoms with Gasteiger partial charge in [-0.05, 0) is 71.5 Å². The number of amides is 2. The van der Waals surface area contributed by atoms with Crippen LogP contribution in [0.1, 0.15) is 43.4 Å². The molecule has 39 heavy (non-hydrogen) atoms. The van der Waals surface area contributed by atoms with E-state index >= 15 is 0 Å². The van der Waals surface area contributed by atoms with Gasteiger partial charge in [-0.1, -0.05) is 54.3 Å². The van der Waals surface area contributed by atoms with Crippen molar-refractivity contribution in [1.29, 1.82) is 0 Å². The topological polar surface area (TPSA) is 85.4 Å². The lowest BCUT2D eigenvalue weighted by Crippen LogP contribution is -2.38. The zero-order valence-electron chi connectivity index (χ0n) is 21.7. The van der Waals surface area contributed by atoms with Gasteiger partial charge in [-0.3, -0.25) is 14.5 Å². The van der Waals surface area contributed by atoms with Gasteiger partial charge in [0.25, 0.3) is 11.8 Å². The maximum atomic E-state index is 13.5. The largest absolute Gasteiger partial charge is 0.490 e. The van der Waals surface area contributed by atoms with Gasteiger partial charge in [0.2, 0.25) is 0 Å². The second kappa shape index (κ2) is 13.5. The molecule has 2 aromatic carbocycles. The number of hydrogen-bond acceptors (Lipinski definition) is 8. The van der Waals surface area contributed by atoms with Crippen LogP contribution in [0.4, 0.5) is 0 Å². The van der Waals surface area contributed by atoms with E-state index in [4.69, 9.17) is 26.4 Å². The molecule has 2 heterocycles. The summed E-state index contributed by atoms with van der Waals surface area (Å²) in [5.74, 6) is -0.180. The van der Waals surface area contributed by atoms with E-state index in [-0.39, 0.29) is 16.8 Å². The van der Waals surface area contributed by atoms with E-state index in [0.29, 0.717) is 38.6 Å². The number of esters is 1. The Balaban J connectivity index is 1.57. The van der Waals surface area contributed by atoms with E-state index < -0.39 is 17.9 Å². The first-order chi connectivity index (χ1) is 18.8. The molecule has 0 aromatic heterocycles. The Morgan fingerprint density at radius 3 is 2.51 bits per heavy atom. The summed E-state index contributed by atoms with van der Waals surface area (Å²) < 4.78 is 17.5. The van der Waals surface area contributed by atoms with Crippen LogP contribution in [0, 0.1) is 0 Å². The number of nitrogens with zero attached hydrogens (tertiary/aromatic N) is 2. The van der Waals surface area contributed by atoms with E-state index in [1.165, 1.54) is 12.0 Å². The molecule has 1 atom stereocenters. The number of likely N-dealkylation sites (tertiary alicyclic amines) is 1. The average Bonchev–Trinajstić information content (AvgIpc) is 3.21. The van der Waals surface area contributed by atoms with Crippen LogP contribution in [0.25, 0.3) is 6.08 Å². The fourth-order valence-corrected chi connectivity index (χ4v) is 6.32. The molecule has 8 nitrogen and oxygen atoms in total. The third-order valence-corrected chi connectivity index (χ3v) is 8.22. The van der Waals surface area contributed by atoms with Gasteiger partial charge in [-0.15, -0.1) is 0 Å². The van der Waals surface area contributed by atoms with Crippen LogP contribution in [0.2, 0.25) is 0 Å². The molecule has 0 saturated carbocycles. The first-order valence-corrected chi connectivity index (χ1v) is 14.6. The molecule has 2 aliphatic rings. The van der Waals surface area contributed by atoms with E-state index in [9.17, 15) is 14.4 Å². The zero-order valence-corrected chi connectivity index (χ0v) is 24.9. The fraction of sp³-hybridized carbons (Fsp3) is 0.357. The average molecular weight is 634 g/mol. The number of carbonyl (C=O) groups excluding carboxylic acids is 3. The van der Waals surface area contributed by atoms with Crippen LogP contribution in [0.15, 0.2) is 51.8 Å². The molecule has 2 saturated heterocycles. The summed E-state index contributed by atoms with van der Waals surface area (Å²) in [5, 5.41) is 0. The van der Waals surface area contributed by atoms with Gasteiger partial charge in [-0.25, -0.2) is 4.79 Å².